The summed E-state index contributed by atoms with van der Waals surface area (Å²) in [7, 11) is 0. The molecule has 0 fully saturated rings. The van der Waals surface area contributed by atoms with Crippen molar-refractivity contribution in [1.82, 2.24) is 0 Å². The van der Waals surface area contributed by atoms with Crippen LogP contribution in [0.1, 0.15) is 32.6 Å². The summed E-state index contributed by atoms with van der Waals surface area (Å²) in [5.74, 6) is -4.75. The standard InChI is InChI=1S/C13H20O6/c1-4-7-8-9-10(18-11(14)5-2)13(16,17)19-12(15)6-3/h5-6,10,16-17H,2-4,7-9H2,1H3. The molecule has 0 heterocycles. The number of hydrogen-bond donors (Lipinski definition) is 2. The normalized spacial score (nSPS) is 12.4. The summed E-state index contributed by atoms with van der Waals surface area (Å²) in [6.45, 7) is 8.31. The van der Waals surface area contributed by atoms with Gasteiger partial charge in [0.1, 0.15) is 0 Å². The van der Waals surface area contributed by atoms with Crippen molar-refractivity contribution in [1.29, 1.82) is 0 Å². The number of ether oxygens (including phenoxy) is 2. The minimum Gasteiger partial charge on any atom is -0.449 e. The summed E-state index contributed by atoms with van der Waals surface area (Å²) in [5, 5.41) is 19.3. The van der Waals surface area contributed by atoms with E-state index in [4.69, 9.17) is 4.74 Å². The van der Waals surface area contributed by atoms with Crippen molar-refractivity contribution in [2.75, 3.05) is 0 Å². The summed E-state index contributed by atoms with van der Waals surface area (Å²) in [6.07, 6.45) is 2.72. The molecule has 0 radical (unpaired) electrons. The van der Waals surface area contributed by atoms with Crippen molar-refractivity contribution in [3.8, 4) is 0 Å². The first kappa shape index (κ1) is 17.3. The second-order valence-electron chi connectivity index (χ2n) is 3.91. The van der Waals surface area contributed by atoms with E-state index < -0.39 is 24.0 Å². The van der Waals surface area contributed by atoms with Crippen LogP contribution in [-0.2, 0) is 19.1 Å². The Balaban J connectivity index is 4.75. The molecule has 1 unspecified atom stereocenters. The quantitative estimate of drug-likeness (QED) is 0.282. The predicted molar refractivity (Wildman–Crippen MR) is 67.7 cm³/mol. The maximum Gasteiger partial charge on any atom is 0.363 e. The highest BCUT2D eigenvalue weighted by atomic mass is 16.8. The van der Waals surface area contributed by atoms with Crippen LogP contribution in [0.15, 0.2) is 25.3 Å². The van der Waals surface area contributed by atoms with Gasteiger partial charge in [0.15, 0.2) is 6.10 Å². The molecule has 0 spiro atoms. The number of esters is 2. The van der Waals surface area contributed by atoms with Crippen LogP contribution in [0.3, 0.4) is 0 Å². The Kier molecular flexibility index (Phi) is 7.71. The van der Waals surface area contributed by atoms with Gasteiger partial charge in [0, 0.05) is 12.2 Å². The van der Waals surface area contributed by atoms with Crippen LogP contribution < -0.4 is 0 Å². The fourth-order valence-electron chi connectivity index (χ4n) is 1.35. The second-order valence-corrected chi connectivity index (χ2v) is 3.91. The molecule has 0 aliphatic rings. The highest BCUT2D eigenvalue weighted by Gasteiger charge is 2.41. The van der Waals surface area contributed by atoms with Gasteiger partial charge in [0.25, 0.3) is 0 Å². The largest absolute Gasteiger partial charge is 0.449 e. The topological polar surface area (TPSA) is 93.1 Å². The fourth-order valence-corrected chi connectivity index (χ4v) is 1.35. The van der Waals surface area contributed by atoms with E-state index >= 15 is 0 Å². The van der Waals surface area contributed by atoms with E-state index in [0.717, 1.165) is 25.0 Å². The Morgan fingerprint density at radius 3 is 2.26 bits per heavy atom. The molecule has 0 rings (SSSR count). The van der Waals surface area contributed by atoms with Gasteiger partial charge in [-0.3, -0.25) is 0 Å². The second kappa shape index (κ2) is 8.44. The smallest absolute Gasteiger partial charge is 0.363 e. The average molecular weight is 272 g/mol. The lowest BCUT2D eigenvalue weighted by Crippen LogP contribution is -2.48. The summed E-state index contributed by atoms with van der Waals surface area (Å²) in [5.41, 5.74) is 0. The number of carbonyl (C=O) groups is 2. The molecule has 1 atom stereocenters. The van der Waals surface area contributed by atoms with Gasteiger partial charge >= 0.3 is 17.9 Å². The van der Waals surface area contributed by atoms with E-state index in [9.17, 15) is 19.8 Å². The molecule has 108 valence electrons. The maximum absolute atomic E-state index is 11.1. The van der Waals surface area contributed by atoms with Crippen molar-refractivity contribution in [3.05, 3.63) is 25.3 Å². The summed E-state index contributed by atoms with van der Waals surface area (Å²) in [4.78, 5) is 22.1. The van der Waals surface area contributed by atoms with Gasteiger partial charge in [-0.15, -0.1) is 0 Å². The Morgan fingerprint density at radius 1 is 1.21 bits per heavy atom. The third-order valence-corrected chi connectivity index (χ3v) is 2.33. The molecule has 0 saturated heterocycles. The maximum atomic E-state index is 11.1. The molecule has 0 saturated carbocycles. The zero-order valence-corrected chi connectivity index (χ0v) is 11.0. The molecular formula is C13H20O6. The van der Waals surface area contributed by atoms with E-state index in [1.165, 1.54) is 0 Å². The first-order chi connectivity index (χ1) is 8.87. The van der Waals surface area contributed by atoms with Crippen LogP contribution in [0, 0.1) is 0 Å². The number of carbonyl (C=O) groups excluding carboxylic acids is 2. The number of aliphatic hydroxyl groups is 2. The first-order valence-corrected chi connectivity index (χ1v) is 6.00. The molecule has 6 heteroatoms. The Hall–Kier alpha value is -1.66. The van der Waals surface area contributed by atoms with E-state index in [0.29, 0.717) is 6.42 Å². The summed E-state index contributed by atoms with van der Waals surface area (Å²) < 4.78 is 9.16. The van der Waals surface area contributed by atoms with Gasteiger partial charge in [-0.25, -0.2) is 9.59 Å². The third kappa shape index (κ3) is 6.73. The molecule has 0 aromatic heterocycles. The molecule has 2 N–H and O–H groups in total. The minimum atomic E-state index is -2.89. The third-order valence-electron chi connectivity index (χ3n) is 2.33. The Labute approximate surface area is 112 Å². The molecular weight excluding hydrogens is 252 g/mol. The summed E-state index contributed by atoms with van der Waals surface area (Å²) >= 11 is 0. The van der Waals surface area contributed by atoms with Crippen LogP contribution in [0.5, 0.6) is 0 Å². The van der Waals surface area contributed by atoms with E-state index in [-0.39, 0.29) is 6.42 Å². The van der Waals surface area contributed by atoms with Crippen LogP contribution in [0.2, 0.25) is 0 Å². The molecule has 0 aromatic carbocycles. The van der Waals surface area contributed by atoms with Crippen molar-refractivity contribution in [2.24, 2.45) is 0 Å². The van der Waals surface area contributed by atoms with Crippen LogP contribution >= 0.6 is 0 Å². The highest BCUT2D eigenvalue weighted by molar-refractivity contribution is 5.82. The summed E-state index contributed by atoms with van der Waals surface area (Å²) in [6, 6.07) is 0. The van der Waals surface area contributed by atoms with Gasteiger partial charge in [0.2, 0.25) is 0 Å². The lowest BCUT2D eigenvalue weighted by atomic mass is 10.1. The van der Waals surface area contributed by atoms with Crippen LogP contribution in [-0.4, -0.2) is 34.2 Å². The van der Waals surface area contributed by atoms with E-state index in [1.807, 2.05) is 6.92 Å². The lowest BCUT2D eigenvalue weighted by Gasteiger charge is -2.29. The number of unbranched alkanes of at least 4 members (excludes halogenated alkanes) is 2. The van der Waals surface area contributed by atoms with Gasteiger partial charge in [-0.2, -0.15) is 0 Å². The van der Waals surface area contributed by atoms with Crippen LogP contribution in [0.4, 0.5) is 0 Å². The Morgan fingerprint density at radius 2 is 1.79 bits per heavy atom. The van der Waals surface area contributed by atoms with Crippen molar-refractivity contribution < 1.29 is 29.3 Å². The van der Waals surface area contributed by atoms with Crippen LogP contribution in [0.25, 0.3) is 0 Å². The lowest BCUT2D eigenvalue weighted by molar-refractivity contribution is -0.357. The average Bonchev–Trinajstić information content (AvgIpc) is 2.36. The van der Waals surface area contributed by atoms with Crippen molar-refractivity contribution >= 4 is 11.9 Å². The van der Waals surface area contributed by atoms with Crippen molar-refractivity contribution in [2.45, 2.75) is 44.7 Å². The molecule has 19 heavy (non-hydrogen) atoms. The molecule has 0 aromatic rings. The van der Waals surface area contributed by atoms with Gasteiger partial charge in [-0.1, -0.05) is 32.9 Å². The Bertz CT molecular complexity index is 334. The van der Waals surface area contributed by atoms with Crippen molar-refractivity contribution in [3.63, 3.8) is 0 Å². The number of hydrogen-bond acceptors (Lipinski definition) is 6. The first-order valence-electron chi connectivity index (χ1n) is 6.00. The molecule has 0 aliphatic heterocycles. The monoisotopic (exact) mass is 272 g/mol. The van der Waals surface area contributed by atoms with E-state index in [2.05, 4.69) is 17.9 Å². The fraction of sp³-hybridized carbons (Fsp3) is 0.538. The van der Waals surface area contributed by atoms with Gasteiger partial charge in [-0.05, 0) is 12.8 Å². The van der Waals surface area contributed by atoms with E-state index in [1.54, 1.807) is 0 Å². The zero-order chi connectivity index (χ0) is 14.9. The highest BCUT2D eigenvalue weighted by Crippen LogP contribution is 2.20. The zero-order valence-electron chi connectivity index (χ0n) is 11.0. The van der Waals surface area contributed by atoms with Gasteiger partial charge < -0.3 is 19.7 Å². The molecule has 0 aliphatic carbocycles. The SMILES string of the molecule is C=CC(=O)OC(CCCCC)C(O)(O)OC(=O)C=C. The molecule has 0 bridgehead atoms. The molecule has 6 nitrogen and oxygen atoms in total. The van der Waals surface area contributed by atoms with Gasteiger partial charge in [0.05, 0.1) is 0 Å². The predicted octanol–water partition coefficient (Wildman–Crippen LogP) is 1.03. The number of rotatable bonds is 9. The minimum absolute atomic E-state index is 0.144. The molecule has 0 amide bonds.